The normalized spacial score (nSPS) is 10.7. The molecule has 0 bridgehead atoms. The molecule has 0 atom stereocenters. The molecule has 0 aliphatic heterocycles. The highest BCUT2D eigenvalue weighted by molar-refractivity contribution is 6.17. The molecule has 0 unspecified atom stereocenters. The topological polar surface area (TPSA) is 45.2 Å². The summed E-state index contributed by atoms with van der Waals surface area (Å²) in [6.45, 7) is 0.874. The second-order valence-electron chi connectivity index (χ2n) is 4.24. The van der Waals surface area contributed by atoms with Crippen molar-refractivity contribution in [3.8, 4) is 5.75 Å². The van der Waals surface area contributed by atoms with Crippen molar-refractivity contribution >= 4 is 28.2 Å². The molecular weight excluding hydrogens is 248 g/mol. The fourth-order valence-electron chi connectivity index (χ4n) is 1.90. The van der Waals surface area contributed by atoms with Crippen LogP contribution in [0.3, 0.4) is 0 Å². The third-order valence-electron chi connectivity index (χ3n) is 2.85. The van der Waals surface area contributed by atoms with E-state index in [1.54, 1.807) is 18.3 Å². The van der Waals surface area contributed by atoms with E-state index in [1.807, 2.05) is 12.1 Å². The summed E-state index contributed by atoms with van der Waals surface area (Å²) in [6, 6.07) is 7.26. The highest BCUT2D eigenvalue weighted by atomic mass is 35.5. The number of halogens is 1. The first kappa shape index (κ1) is 13.0. The first-order valence-electron chi connectivity index (χ1n) is 6.19. The Hall–Kier alpha value is -1.48. The van der Waals surface area contributed by atoms with Crippen LogP contribution in [0.2, 0.25) is 0 Å². The Bertz CT molecular complexity index is 516. The van der Waals surface area contributed by atoms with Gasteiger partial charge in [0.2, 0.25) is 0 Å². The molecule has 1 heterocycles. The summed E-state index contributed by atoms with van der Waals surface area (Å²) >= 11 is 5.63. The molecule has 0 amide bonds. The van der Waals surface area contributed by atoms with Crippen molar-refractivity contribution in [2.75, 3.05) is 17.7 Å². The molecule has 2 rings (SSSR count). The molecule has 0 spiro atoms. The van der Waals surface area contributed by atoms with Crippen LogP contribution in [0, 0.1) is 0 Å². The van der Waals surface area contributed by atoms with Crippen molar-refractivity contribution < 1.29 is 5.11 Å². The van der Waals surface area contributed by atoms with Crippen molar-refractivity contribution in [3.05, 3.63) is 30.5 Å². The number of benzene rings is 1. The Balaban J connectivity index is 2.05. The number of aromatic hydroxyl groups is 1. The van der Waals surface area contributed by atoms with Crippen LogP contribution in [0.15, 0.2) is 30.5 Å². The lowest BCUT2D eigenvalue weighted by Crippen LogP contribution is -2.03. The van der Waals surface area contributed by atoms with Crippen LogP contribution in [0.5, 0.6) is 5.75 Å². The molecule has 2 N–H and O–H groups in total. The molecule has 0 radical (unpaired) electrons. The van der Waals surface area contributed by atoms with Gasteiger partial charge in [0.1, 0.15) is 11.6 Å². The largest absolute Gasteiger partial charge is 0.508 e. The van der Waals surface area contributed by atoms with E-state index in [0.717, 1.165) is 48.3 Å². The first-order valence-corrected chi connectivity index (χ1v) is 6.72. The number of pyridine rings is 1. The van der Waals surface area contributed by atoms with Gasteiger partial charge in [-0.1, -0.05) is 12.5 Å². The lowest BCUT2D eigenvalue weighted by molar-refractivity contribution is 0.476. The molecule has 1 aromatic heterocycles. The van der Waals surface area contributed by atoms with Gasteiger partial charge >= 0.3 is 0 Å². The van der Waals surface area contributed by atoms with Crippen molar-refractivity contribution in [2.24, 2.45) is 0 Å². The van der Waals surface area contributed by atoms with Gasteiger partial charge in [0.05, 0.1) is 0 Å². The number of unbranched alkanes of at least 4 members (excludes halogenated alkanes) is 2. The molecule has 0 saturated heterocycles. The van der Waals surface area contributed by atoms with Crippen LogP contribution in [0.4, 0.5) is 5.82 Å². The first-order chi connectivity index (χ1) is 8.81. The summed E-state index contributed by atoms with van der Waals surface area (Å²) < 4.78 is 0. The molecule has 0 fully saturated rings. The van der Waals surface area contributed by atoms with Gasteiger partial charge in [0.15, 0.2) is 0 Å². The smallest absolute Gasteiger partial charge is 0.133 e. The van der Waals surface area contributed by atoms with Gasteiger partial charge < -0.3 is 10.4 Å². The van der Waals surface area contributed by atoms with E-state index in [0.29, 0.717) is 0 Å². The Labute approximate surface area is 112 Å². The molecule has 18 heavy (non-hydrogen) atoms. The second kappa shape index (κ2) is 6.45. The van der Waals surface area contributed by atoms with Gasteiger partial charge in [-0.25, -0.2) is 4.98 Å². The Morgan fingerprint density at radius 3 is 2.89 bits per heavy atom. The SMILES string of the molecule is Oc1ccc2ccnc(NCCCCCCl)c2c1. The van der Waals surface area contributed by atoms with E-state index in [-0.39, 0.29) is 5.75 Å². The second-order valence-corrected chi connectivity index (χ2v) is 4.62. The van der Waals surface area contributed by atoms with Crippen LogP contribution in [-0.4, -0.2) is 22.5 Å². The molecule has 0 saturated carbocycles. The van der Waals surface area contributed by atoms with E-state index < -0.39 is 0 Å². The highest BCUT2D eigenvalue weighted by Crippen LogP contribution is 2.24. The highest BCUT2D eigenvalue weighted by Gasteiger charge is 2.02. The predicted molar refractivity (Wildman–Crippen MR) is 76.5 cm³/mol. The fourth-order valence-corrected chi connectivity index (χ4v) is 2.09. The number of aromatic nitrogens is 1. The number of rotatable bonds is 6. The summed E-state index contributed by atoms with van der Waals surface area (Å²) in [7, 11) is 0. The monoisotopic (exact) mass is 264 g/mol. The van der Waals surface area contributed by atoms with Crippen LogP contribution in [0.25, 0.3) is 10.8 Å². The summed E-state index contributed by atoms with van der Waals surface area (Å²) in [6.07, 6.45) is 5.02. The molecule has 0 aliphatic rings. The number of phenols is 1. The molecule has 4 heteroatoms. The molecule has 3 nitrogen and oxygen atoms in total. The van der Waals surface area contributed by atoms with Crippen LogP contribution in [0.1, 0.15) is 19.3 Å². The zero-order chi connectivity index (χ0) is 12.8. The number of phenolic OH excluding ortho intramolecular Hbond substituents is 1. The van der Waals surface area contributed by atoms with Gasteiger partial charge in [0.25, 0.3) is 0 Å². The Morgan fingerprint density at radius 2 is 2.06 bits per heavy atom. The van der Waals surface area contributed by atoms with Crippen molar-refractivity contribution in [1.29, 1.82) is 0 Å². The standard InChI is InChI=1S/C14H17ClN2O/c15-7-2-1-3-8-16-14-13-10-12(18)5-4-11(13)6-9-17-14/h4-6,9-10,18H,1-3,7-8H2,(H,16,17). The van der Waals surface area contributed by atoms with Gasteiger partial charge in [0, 0.05) is 24.0 Å². The van der Waals surface area contributed by atoms with Gasteiger partial charge in [-0.15, -0.1) is 11.6 Å². The van der Waals surface area contributed by atoms with Gasteiger partial charge in [-0.2, -0.15) is 0 Å². The zero-order valence-electron chi connectivity index (χ0n) is 10.2. The van der Waals surface area contributed by atoms with Crippen molar-refractivity contribution in [2.45, 2.75) is 19.3 Å². The molecule has 0 aliphatic carbocycles. The van der Waals surface area contributed by atoms with Crippen LogP contribution >= 0.6 is 11.6 Å². The van der Waals surface area contributed by atoms with Crippen LogP contribution in [-0.2, 0) is 0 Å². The third-order valence-corrected chi connectivity index (χ3v) is 3.12. The van der Waals surface area contributed by atoms with Gasteiger partial charge in [-0.3, -0.25) is 0 Å². The minimum absolute atomic E-state index is 0.265. The van der Waals surface area contributed by atoms with E-state index >= 15 is 0 Å². The molecule has 2 aromatic rings. The number of nitrogens with one attached hydrogen (secondary N) is 1. The summed E-state index contributed by atoms with van der Waals surface area (Å²) in [5.74, 6) is 1.82. The maximum absolute atomic E-state index is 9.53. The molecule has 96 valence electrons. The third kappa shape index (κ3) is 3.26. The summed E-state index contributed by atoms with van der Waals surface area (Å²) in [5, 5.41) is 14.9. The fraction of sp³-hybridized carbons (Fsp3) is 0.357. The lowest BCUT2D eigenvalue weighted by Gasteiger charge is -2.08. The van der Waals surface area contributed by atoms with E-state index in [1.165, 1.54) is 0 Å². The van der Waals surface area contributed by atoms with Crippen molar-refractivity contribution in [3.63, 3.8) is 0 Å². The van der Waals surface area contributed by atoms with Gasteiger partial charge in [-0.05, 0) is 36.4 Å². The average Bonchev–Trinajstić information content (AvgIpc) is 2.39. The molecule has 1 aromatic carbocycles. The minimum Gasteiger partial charge on any atom is -0.508 e. The lowest BCUT2D eigenvalue weighted by atomic mass is 10.1. The maximum Gasteiger partial charge on any atom is 0.133 e. The Kier molecular flexibility index (Phi) is 4.65. The Morgan fingerprint density at radius 1 is 1.17 bits per heavy atom. The number of hydrogen-bond donors (Lipinski definition) is 2. The number of fused-ring (bicyclic) bond motifs is 1. The number of anilines is 1. The number of hydrogen-bond acceptors (Lipinski definition) is 3. The molecular formula is C14H17ClN2O. The van der Waals surface area contributed by atoms with E-state index in [9.17, 15) is 5.11 Å². The van der Waals surface area contributed by atoms with Crippen molar-refractivity contribution in [1.82, 2.24) is 4.98 Å². The summed E-state index contributed by atoms with van der Waals surface area (Å²) in [4.78, 5) is 4.32. The predicted octanol–water partition coefficient (Wildman–Crippen LogP) is 3.76. The summed E-state index contributed by atoms with van der Waals surface area (Å²) in [5.41, 5.74) is 0. The zero-order valence-corrected chi connectivity index (χ0v) is 11.0. The average molecular weight is 265 g/mol. The van der Waals surface area contributed by atoms with E-state index in [2.05, 4.69) is 10.3 Å². The maximum atomic E-state index is 9.53. The van der Waals surface area contributed by atoms with E-state index in [4.69, 9.17) is 11.6 Å². The number of alkyl halides is 1. The minimum atomic E-state index is 0.265. The quantitative estimate of drug-likeness (QED) is 0.617. The van der Waals surface area contributed by atoms with Crippen LogP contribution < -0.4 is 5.32 Å². The number of nitrogens with zero attached hydrogens (tertiary/aromatic N) is 1.